The van der Waals surface area contributed by atoms with E-state index in [1.165, 1.54) is 11.1 Å². The molecule has 2 rings (SSSR count). The fourth-order valence-corrected chi connectivity index (χ4v) is 2.06. The van der Waals surface area contributed by atoms with Crippen LogP contribution in [0.1, 0.15) is 28.4 Å². The second kappa shape index (κ2) is 4.15. The molecule has 0 aromatic heterocycles. The number of carbonyl (C=O) groups is 1. The number of likely N-dealkylation sites (N-methyl/N-ethyl adjacent to an activating group) is 1. The van der Waals surface area contributed by atoms with Crippen molar-refractivity contribution in [2.24, 2.45) is 0 Å². The van der Waals surface area contributed by atoms with Crippen molar-refractivity contribution in [1.82, 2.24) is 4.90 Å². The normalized spacial score (nSPS) is 16.9. The molecule has 1 aliphatic heterocycles. The molecule has 0 unspecified atom stereocenters. The van der Waals surface area contributed by atoms with E-state index in [1.807, 2.05) is 6.07 Å². The summed E-state index contributed by atoms with van der Waals surface area (Å²) in [6, 6.07) is 6.13. The lowest BCUT2D eigenvalue weighted by molar-refractivity contribution is 0.101. The molecule has 0 aliphatic carbocycles. The van der Waals surface area contributed by atoms with Gasteiger partial charge in [0.15, 0.2) is 5.78 Å². The Morgan fingerprint density at radius 2 is 1.87 bits per heavy atom. The summed E-state index contributed by atoms with van der Waals surface area (Å²) in [4.78, 5) is 13.6. The van der Waals surface area contributed by atoms with Crippen LogP contribution in [0.4, 0.5) is 0 Å². The maximum absolute atomic E-state index is 11.3. The van der Waals surface area contributed by atoms with Crippen LogP contribution in [0.2, 0.25) is 0 Å². The molecule has 0 bridgehead atoms. The SMILES string of the molecule is CC(=O)c1ccc2c(c1)CCN(C)CC2. The largest absolute Gasteiger partial charge is 0.306 e. The Bertz CT molecular complexity index is 384. The number of nitrogens with zero attached hydrogens (tertiary/aromatic N) is 1. The minimum Gasteiger partial charge on any atom is -0.306 e. The molecule has 0 fully saturated rings. The molecule has 0 radical (unpaired) electrons. The molecular formula is C13H17NO. The van der Waals surface area contributed by atoms with Crippen LogP contribution in [0.3, 0.4) is 0 Å². The van der Waals surface area contributed by atoms with Gasteiger partial charge in [-0.15, -0.1) is 0 Å². The van der Waals surface area contributed by atoms with Gasteiger partial charge in [-0.25, -0.2) is 0 Å². The van der Waals surface area contributed by atoms with E-state index in [2.05, 4.69) is 24.1 Å². The van der Waals surface area contributed by atoms with E-state index in [4.69, 9.17) is 0 Å². The van der Waals surface area contributed by atoms with Crippen molar-refractivity contribution in [2.45, 2.75) is 19.8 Å². The lowest BCUT2D eigenvalue weighted by Crippen LogP contribution is -2.20. The van der Waals surface area contributed by atoms with Crippen LogP contribution in [-0.2, 0) is 12.8 Å². The lowest BCUT2D eigenvalue weighted by atomic mass is 9.99. The zero-order valence-electron chi connectivity index (χ0n) is 9.42. The van der Waals surface area contributed by atoms with Gasteiger partial charge in [0, 0.05) is 18.7 Å². The first-order chi connectivity index (χ1) is 7.16. The van der Waals surface area contributed by atoms with Gasteiger partial charge in [-0.2, -0.15) is 0 Å². The Labute approximate surface area is 90.9 Å². The summed E-state index contributed by atoms with van der Waals surface area (Å²) in [6.07, 6.45) is 2.16. The molecule has 0 amide bonds. The molecule has 0 spiro atoms. The van der Waals surface area contributed by atoms with Crippen molar-refractivity contribution in [2.75, 3.05) is 20.1 Å². The number of ketones is 1. The number of fused-ring (bicyclic) bond motifs is 1. The average molecular weight is 203 g/mol. The van der Waals surface area contributed by atoms with Gasteiger partial charge >= 0.3 is 0 Å². The monoisotopic (exact) mass is 203 g/mol. The topological polar surface area (TPSA) is 20.3 Å². The van der Waals surface area contributed by atoms with E-state index in [9.17, 15) is 4.79 Å². The highest BCUT2D eigenvalue weighted by molar-refractivity contribution is 5.94. The quantitative estimate of drug-likeness (QED) is 0.650. The predicted octanol–water partition coefficient (Wildman–Crippen LogP) is 1.92. The Hall–Kier alpha value is -1.15. The predicted molar refractivity (Wildman–Crippen MR) is 61.4 cm³/mol. The standard InChI is InChI=1S/C13H17NO/c1-10(15)12-4-3-11-5-7-14(2)8-6-13(11)9-12/h3-4,9H,5-8H2,1-2H3. The van der Waals surface area contributed by atoms with Crippen LogP contribution in [0, 0.1) is 0 Å². The van der Waals surface area contributed by atoms with Gasteiger partial charge in [-0.05, 0) is 44.0 Å². The van der Waals surface area contributed by atoms with Gasteiger partial charge in [0.1, 0.15) is 0 Å². The Kier molecular flexibility index (Phi) is 2.87. The van der Waals surface area contributed by atoms with Crippen molar-refractivity contribution in [1.29, 1.82) is 0 Å². The smallest absolute Gasteiger partial charge is 0.159 e. The molecule has 2 nitrogen and oxygen atoms in total. The number of hydrogen-bond donors (Lipinski definition) is 0. The van der Waals surface area contributed by atoms with E-state index >= 15 is 0 Å². The molecular weight excluding hydrogens is 186 g/mol. The van der Waals surface area contributed by atoms with Gasteiger partial charge in [-0.1, -0.05) is 12.1 Å². The Balaban J connectivity index is 2.32. The first-order valence-corrected chi connectivity index (χ1v) is 5.48. The number of Topliss-reactive ketones (excluding diaryl/α,β-unsaturated/α-hetero) is 1. The van der Waals surface area contributed by atoms with E-state index < -0.39 is 0 Å². The van der Waals surface area contributed by atoms with Crippen LogP contribution in [0.5, 0.6) is 0 Å². The van der Waals surface area contributed by atoms with Gasteiger partial charge in [0.05, 0.1) is 0 Å². The van der Waals surface area contributed by atoms with Gasteiger partial charge in [0.25, 0.3) is 0 Å². The second-order valence-corrected chi connectivity index (χ2v) is 4.34. The summed E-state index contributed by atoms with van der Waals surface area (Å²) in [5.74, 6) is 0.162. The summed E-state index contributed by atoms with van der Waals surface area (Å²) in [6.45, 7) is 3.84. The highest BCUT2D eigenvalue weighted by atomic mass is 16.1. The summed E-state index contributed by atoms with van der Waals surface area (Å²) in [5, 5.41) is 0. The molecule has 80 valence electrons. The summed E-state index contributed by atoms with van der Waals surface area (Å²) in [5.41, 5.74) is 3.61. The molecule has 1 heterocycles. The lowest BCUT2D eigenvalue weighted by Gasteiger charge is -2.10. The highest BCUT2D eigenvalue weighted by Crippen LogP contribution is 2.17. The van der Waals surface area contributed by atoms with Crippen LogP contribution >= 0.6 is 0 Å². The number of rotatable bonds is 1. The number of carbonyl (C=O) groups excluding carboxylic acids is 1. The molecule has 1 aromatic rings. The maximum atomic E-state index is 11.3. The molecule has 1 aliphatic rings. The van der Waals surface area contributed by atoms with Gasteiger partial charge in [0.2, 0.25) is 0 Å². The van der Waals surface area contributed by atoms with Crippen LogP contribution < -0.4 is 0 Å². The summed E-state index contributed by atoms with van der Waals surface area (Å²) in [7, 11) is 2.15. The van der Waals surface area contributed by atoms with Crippen LogP contribution in [0.15, 0.2) is 18.2 Å². The van der Waals surface area contributed by atoms with Gasteiger partial charge in [-0.3, -0.25) is 4.79 Å². The van der Waals surface area contributed by atoms with Crippen LogP contribution in [0.25, 0.3) is 0 Å². The third-order valence-corrected chi connectivity index (χ3v) is 3.14. The Morgan fingerprint density at radius 3 is 2.53 bits per heavy atom. The van der Waals surface area contributed by atoms with E-state index in [0.717, 1.165) is 31.5 Å². The van der Waals surface area contributed by atoms with Crippen LogP contribution in [-0.4, -0.2) is 30.8 Å². The van der Waals surface area contributed by atoms with Gasteiger partial charge < -0.3 is 4.90 Å². The number of hydrogen-bond acceptors (Lipinski definition) is 2. The first-order valence-electron chi connectivity index (χ1n) is 5.48. The van der Waals surface area contributed by atoms with Crippen molar-refractivity contribution in [3.63, 3.8) is 0 Å². The third-order valence-electron chi connectivity index (χ3n) is 3.14. The summed E-state index contributed by atoms with van der Waals surface area (Å²) >= 11 is 0. The zero-order chi connectivity index (χ0) is 10.8. The van der Waals surface area contributed by atoms with E-state index in [0.29, 0.717) is 0 Å². The molecule has 15 heavy (non-hydrogen) atoms. The molecule has 0 saturated carbocycles. The molecule has 2 heteroatoms. The first kappa shape index (κ1) is 10.4. The highest BCUT2D eigenvalue weighted by Gasteiger charge is 2.12. The number of benzene rings is 1. The van der Waals surface area contributed by atoms with E-state index in [-0.39, 0.29) is 5.78 Å². The second-order valence-electron chi connectivity index (χ2n) is 4.34. The Morgan fingerprint density at radius 1 is 1.20 bits per heavy atom. The molecule has 1 aromatic carbocycles. The summed E-state index contributed by atoms with van der Waals surface area (Å²) < 4.78 is 0. The fourth-order valence-electron chi connectivity index (χ4n) is 2.06. The average Bonchev–Trinajstić information content (AvgIpc) is 2.40. The zero-order valence-corrected chi connectivity index (χ0v) is 9.42. The maximum Gasteiger partial charge on any atom is 0.159 e. The van der Waals surface area contributed by atoms with Crippen molar-refractivity contribution in [3.05, 3.63) is 34.9 Å². The van der Waals surface area contributed by atoms with Crippen molar-refractivity contribution in [3.8, 4) is 0 Å². The van der Waals surface area contributed by atoms with Crippen molar-refractivity contribution >= 4 is 5.78 Å². The molecule has 0 atom stereocenters. The van der Waals surface area contributed by atoms with Crippen molar-refractivity contribution < 1.29 is 4.79 Å². The molecule has 0 saturated heterocycles. The fraction of sp³-hybridized carbons (Fsp3) is 0.462. The third kappa shape index (κ3) is 2.26. The van der Waals surface area contributed by atoms with E-state index in [1.54, 1.807) is 6.92 Å². The minimum atomic E-state index is 0.162. The minimum absolute atomic E-state index is 0.162. The molecule has 0 N–H and O–H groups in total.